The van der Waals surface area contributed by atoms with Crippen molar-refractivity contribution in [3.8, 4) is 0 Å². The van der Waals surface area contributed by atoms with Crippen LogP contribution in [0.5, 0.6) is 0 Å². The summed E-state index contributed by atoms with van der Waals surface area (Å²) < 4.78 is 2.41. The molecule has 0 aliphatic heterocycles. The van der Waals surface area contributed by atoms with Crippen molar-refractivity contribution in [2.75, 3.05) is 0 Å². The van der Waals surface area contributed by atoms with Gasteiger partial charge in [-0.3, -0.25) is 0 Å². The van der Waals surface area contributed by atoms with E-state index in [1.807, 2.05) is 0 Å². The predicted molar refractivity (Wildman–Crippen MR) is 71.8 cm³/mol. The minimum atomic E-state index is 0.630. The molecule has 1 aliphatic carbocycles. The average molecular weight is 228 g/mol. The fraction of sp³-hybridized carbons (Fsp3) is 0.467. The number of rotatable bonds is 3. The van der Waals surface area contributed by atoms with Crippen LogP contribution in [0, 0.1) is 5.92 Å². The molecule has 0 spiro atoms. The van der Waals surface area contributed by atoms with E-state index in [4.69, 9.17) is 5.73 Å². The van der Waals surface area contributed by atoms with Crippen LogP contribution in [0.25, 0.3) is 10.9 Å². The molecule has 3 rings (SSSR count). The molecule has 0 atom stereocenters. The van der Waals surface area contributed by atoms with E-state index in [1.54, 1.807) is 0 Å². The number of nitrogens with two attached hydrogens (primary N) is 1. The second kappa shape index (κ2) is 4.53. The molecule has 2 heteroatoms. The molecule has 90 valence electrons. The van der Waals surface area contributed by atoms with E-state index in [2.05, 4.69) is 35.0 Å². The van der Waals surface area contributed by atoms with Gasteiger partial charge in [0.1, 0.15) is 0 Å². The molecule has 2 aromatic rings. The van der Waals surface area contributed by atoms with Crippen molar-refractivity contribution in [3.63, 3.8) is 0 Å². The first-order valence-electron chi connectivity index (χ1n) is 6.65. The van der Waals surface area contributed by atoms with E-state index < -0.39 is 0 Å². The van der Waals surface area contributed by atoms with Crippen LogP contribution in [-0.2, 0) is 13.1 Å². The van der Waals surface area contributed by atoms with Gasteiger partial charge in [-0.25, -0.2) is 0 Å². The van der Waals surface area contributed by atoms with Crippen LogP contribution in [-0.4, -0.2) is 4.57 Å². The first kappa shape index (κ1) is 10.8. The van der Waals surface area contributed by atoms with Crippen LogP contribution >= 0.6 is 0 Å². The Balaban J connectivity index is 1.94. The normalized spacial score (nSPS) is 17.0. The van der Waals surface area contributed by atoms with E-state index >= 15 is 0 Å². The van der Waals surface area contributed by atoms with Gasteiger partial charge in [0, 0.05) is 30.2 Å². The van der Waals surface area contributed by atoms with Crippen LogP contribution in [0.1, 0.15) is 31.2 Å². The SMILES string of the molecule is NCc1cccc2c1ccn2CC1CCCC1. The lowest BCUT2D eigenvalue weighted by Crippen LogP contribution is -2.06. The van der Waals surface area contributed by atoms with E-state index in [9.17, 15) is 0 Å². The van der Waals surface area contributed by atoms with E-state index in [0.29, 0.717) is 6.54 Å². The second-order valence-corrected chi connectivity index (χ2v) is 5.17. The van der Waals surface area contributed by atoms with Crippen molar-refractivity contribution >= 4 is 10.9 Å². The van der Waals surface area contributed by atoms with Crippen LogP contribution in [0.4, 0.5) is 0 Å². The molecule has 0 radical (unpaired) electrons. The Hall–Kier alpha value is -1.28. The number of aromatic nitrogens is 1. The summed E-state index contributed by atoms with van der Waals surface area (Å²) in [6.07, 6.45) is 7.85. The third-order valence-corrected chi connectivity index (χ3v) is 4.05. The Morgan fingerprint density at radius 3 is 2.76 bits per heavy atom. The quantitative estimate of drug-likeness (QED) is 0.858. The molecule has 0 unspecified atom stereocenters. The first-order chi connectivity index (χ1) is 8.38. The molecule has 1 aromatic carbocycles. The summed E-state index contributed by atoms with van der Waals surface area (Å²) in [4.78, 5) is 0. The molecule has 0 saturated heterocycles. The number of fused-ring (bicyclic) bond motifs is 1. The molecule has 1 aliphatic rings. The first-order valence-corrected chi connectivity index (χ1v) is 6.65. The zero-order chi connectivity index (χ0) is 11.7. The maximum Gasteiger partial charge on any atom is 0.0483 e. The van der Waals surface area contributed by atoms with E-state index in [-0.39, 0.29) is 0 Å². The number of hydrogen-bond acceptors (Lipinski definition) is 1. The van der Waals surface area contributed by atoms with E-state index in [1.165, 1.54) is 48.7 Å². The maximum atomic E-state index is 5.78. The van der Waals surface area contributed by atoms with Crippen molar-refractivity contribution in [1.82, 2.24) is 4.57 Å². The largest absolute Gasteiger partial charge is 0.347 e. The van der Waals surface area contributed by atoms with Crippen LogP contribution < -0.4 is 5.73 Å². The molecule has 17 heavy (non-hydrogen) atoms. The highest BCUT2D eigenvalue weighted by molar-refractivity contribution is 5.83. The Bertz CT molecular complexity index is 507. The van der Waals surface area contributed by atoms with Gasteiger partial charge in [0.05, 0.1) is 0 Å². The van der Waals surface area contributed by atoms with Crippen LogP contribution in [0.3, 0.4) is 0 Å². The molecular weight excluding hydrogens is 208 g/mol. The van der Waals surface area contributed by atoms with Crippen molar-refractivity contribution < 1.29 is 0 Å². The van der Waals surface area contributed by atoms with Gasteiger partial charge in [-0.2, -0.15) is 0 Å². The maximum absolute atomic E-state index is 5.78. The highest BCUT2D eigenvalue weighted by atomic mass is 15.0. The van der Waals surface area contributed by atoms with Gasteiger partial charge in [-0.1, -0.05) is 25.0 Å². The van der Waals surface area contributed by atoms with Gasteiger partial charge in [0.2, 0.25) is 0 Å². The summed E-state index contributed by atoms with van der Waals surface area (Å²) in [6.45, 7) is 1.81. The summed E-state index contributed by atoms with van der Waals surface area (Å²) in [5, 5.41) is 1.33. The monoisotopic (exact) mass is 228 g/mol. The second-order valence-electron chi connectivity index (χ2n) is 5.17. The molecular formula is C15H20N2. The standard InChI is InChI=1S/C15H20N2/c16-10-13-6-3-7-15-14(13)8-9-17(15)11-12-4-1-2-5-12/h3,6-9,12H,1-2,4-5,10-11,16H2. The summed E-state index contributed by atoms with van der Waals surface area (Å²) in [7, 11) is 0. The number of nitrogens with zero attached hydrogens (tertiary/aromatic N) is 1. The fourth-order valence-corrected chi connectivity index (χ4v) is 3.10. The molecule has 1 heterocycles. The van der Waals surface area contributed by atoms with Crippen molar-refractivity contribution in [2.24, 2.45) is 11.7 Å². The zero-order valence-electron chi connectivity index (χ0n) is 10.2. The molecule has 1 aromatic heterocycles. The summed E-state index contributed by atoms with van der Waals surface area (Å²) in [5.74, 6) is 0.882. The molecule has 2 nitrogen and oxygen atoms in total. The fourth-order valence-electron chi connectivity index (χ4n) is 3.10. The third kappa shape index (κ3) is 1.98. The number of hydrogen-bond donors (Lipinski definition) is 1. The smallest absolute Gasteiger partial charge is 0.0483 e. The zero-order valence-corrected chi connectivity index (χ0v) is 10.2. The van der Waals surface area contributed by atoms with Gasteiger partial charge >= 0.3 is 0 Å². The molecule has 1 saturated carbocycles. The van der Waals surface area contributed by atoms with Gasteiger partial charge in [-0.05, 0) is 36.5 Å². The van der Waals surface area contributed by atoms with Gasteiger partial charge in [-0.15, -0.1) is 0 Å². The van der Waals surface area contributed by atoms with Crippen LogP contribution in [0.15, 0.2) is 30.5 Å². The predicted octanol–water partition coefficient (Wildman–Crippen LogP) is 3.29. The minimum Gasteiger partial charge on any atom is -0.347 e. The summed E-state index contributed by atoms with van der Waals surface area (Å²) in [5.41, 5.74) is 8.38. The molecule has 0 amide bonds. The Morgan fingerprint density at radius 2 is 2.00 bits per heavy atom. The van der Waals surface area contributed by atoms with E-state index in [0.717, 1.165) is 5.92 Å². The lowest BCUT2D eigenvalue weighted by Gasteiger charge is -2.12. The number of benzene rings is 1. The molecule has 1 fully saturated rings. The highest BCUT2D eigenvalue weighted by Gasteiger charge is 2.16. The lowest BCUT2D eigenvalue weighted by molar-refractivity contribution is 0.466. The topological polar surface area (TPSA) is 30.9 Å². The lowest BCUT2D eigenvalue weighted by atomic mass is 10.1. The Morgan fingerprint density at radius 1 is 1.18 bits per heavy atom. The van der Waals surface area contributed by atoms with Crippen molar-refractivity contribution in [3.05, 3.63) is 36.0 Å². The molecule has 2 N–H and O–H groups in total. The molecule has 0 bridgehead atoms. The summed E-state index contributed by atoms with van der Waals surface area (Å²) in [6, 6.07) is 8.67. The highest BCUT2D eigenvalue weighted by Crippen LogP contribution is 2.28. The third-order valence-electron chi connectivity index (χ3n) is 4.05. The van der Waals surface area contributed by atoms with Crippen LogP contribution in [0.2, 0.25) is 0 Å². The van der Waals surface area contributed by atoms with Crippen molar-refractivity contribution in [2.45, 2.75) is 38.8 Å². The summed E-state index contributed by atoms with van der Waals surface area (Å²) >= 11 is 0. The minimum absolute atomic E-state index is 0.630. The van der Waals surface area contributed by atoms with Gasteiger partial charge in [0.15, 0.2) is 0 Å². The Kier molecular flexibility index (Phi) is 2.89. The van der Waals surface area contributed by atoms with Crippen molar-refractivity contribution in [1.29, 1.82) is 0 Å². The Labute approximate surface area is 102 Å². The van der Waals surface area contributed by atoms with Gasteiger partial charge in [0.25, 0.3) is 0 Å². The average Bonchev–Trinajstić information content (AvgIpc) is 2.99. The van der Waals surface area contributed by atoms with Gasteiger partial charge < -0.3 is 10.3 Å².